The fourth-order valence-corrected chi connectivity index (χ4v) is 3.78. The zero-order valence-corrected chi connectivity index (χ0v) is 11.3. The first-order valence-electron chi connectivity index (χ1n) is 6.73. The van der Waals surface area contributed by atoms with Gasteiger partial charge in [0.05, 0.1) is 11.0 Å². The summed E-state index contributed by atoms with van der Waals surface area (Å²) in [5.41, 5.74) is 8.63. The van der Waals surface area contributed by atoms with Gasteiger partial charge in [0, 0.05) is 10.9 Å². The largest absolute Gasteiger partial charge is 0.399 e. The maximum absolute atomic E-state index is 5.78. The van der Waals surface area contributed by atoms with Gasteiger partial charge in [0.15, 0.2) is 5.16 Å². The number of rotatable bonds is 2. The van der Waals surface area contributed by atoms with Crippen molar-refractivity contribution in [3.05, 3.63) is 18.2 Å². The zero-order valence-electron chi connectivity index (χ0n) is 10.5. The van der Waals surface area contributed by atoms with Crippen molar-refractivity contribution in [2.24, 2.45) is 0 Å². The second kappa shape index (κ2) is 5.22. The van der Waals surface area contributed by atoms with Crippen molar-refractivity contribution in [1.82, 2.24) is 9.97 Å². The molecule has 1 aromatic carbocycles. The lowest BCUT2D eigenvalue weighted by Crippen LogP contribution is -2.00. The highest BCUT2D eigenvalue weighted by Gasteiger charge is 2.15. The molecule has 0 unspecified atom stereocenters. The molecule has 2 aromatic rings. The van der Waals surface area contributed by atoms with Gasteiger partial charge in [-0.2, -0.15) is 0 Å². The van der Waals surface area contributed by atoms with Gasteiger partial charge in [-0.25, -0.2) is 4.98 Å². The van der Waals surface area contributed by atoms with Crippen molar-refractivity contribution in [3.8, 4) is 0 Å². The molecule has 1 heterocycles. The first-order chi connectivity index (χ1) is 8.81. The van der Waals surface area contributed by atoms with E-state index in [0.29, 0.717) is 0 Å². The van der Waals surface area contributed by atoms with Crippen LogP contribution >= 0.6 is 11.8 Å². The molecule has 1 fully saturated rings. The fourth-order valence-electron chi connectivity index (χ4n) is 2.58. The third kappa shape index (κ3) is 2.64. The number of nitrogens with two attached hydrogens (primary N) is 1. The smallest absolute Gasteiger partial charge is 0.166 e. The maximum atomic E-state index is 5.78. The second-order valence-electron chi connectivity index (χ2n) is 5.05. The minimum Gasteiger partial charge on any atom is -0.399 e. The maximum Gasteiger partial charge on any atom is 0.166 e. The Morgan fingerprint density at radius 2 is 1.94 bits per heavy atom. The molecule has 3 N–H and O–H groups in total. The summed E-state index contributed by atoms with van der Waals surface area (Å²) in [5, 5.41) is 1.77. The van der Waals surface area contributed by atoms with Gasteiger partial charge in [0.25, 0.3) is 0 Å². The van der Waals surface area contributed by atoms with Crippen molar-refractivity contribution >= 4 is 28.5 Å². The number of imidazole rings is 1. The number of benzene rings is 1. The summed E-state index contributed by atoms with van der Waals surface area (Å²) in [4.78, 5) is 8.01. The van der Waals surface area contributed by atoms with Crippen molar-refractivity contribution in [2.45, 2.75) is 48.9 Å². The molecule has 0 radical (unpaired) electrons. The molecule has 0 amide bonds. The summed E-state index contributed by atoms with van der Waals surface area (Å²) in [5.74, 6) is 0. The number of H-pyrrole nitrogens is 1. The Kier molecular flexibility index (Phi) is 3.46. The van der Waals surface area contributed by atoms with Crippen LogP contribution in [0.4, 0.5) is 5.69 Å². The lowest BCUT2D eigenvalue weighted by atomic mass is 10.2. The third-order valence-corrected chi connectivity index (χ3v) is 4.79. The van der Waals surface area contributed by atoms with Gasteiger partial charge >= 0.3 is 0 Å². The highest BCUT2D eigenvalue weighted by Crippen LogP contribution is 2.32. The number of nitrogen functional groups attached to an aromatic ring is 1. The van der Waals surface area contributed by atoms with Gasteiger partial charge in [-0.15, -0.1) is 0 Å². The van der Waals surface area contributed by atoms with E-state index in [1.165, 1.54) is 38.5 Å². The van der Waals surface area contributed by atoms with Crippen molar-refractivity contribution in [2.75, 3.05) is 5.73 Å². The van der Waals surface area contributed by atoms with Crippen molar-refractivity contribution in [3.63, 3.8) is 0 Å². The average Bonchev–Trinajstić information content (AvgIpc) is 2.57. The number of nitrogens with one attached hydrogen (secondary N) is 1. The van der Waals surface area contributed by atoms with Crippen LogP contribution in [0, 0.1) is 0 Å². The van der Waals surface area contributed by atoms with E-state index >= 15 is 0 Å². The number of aromatic amines is 1. The summed E-state index contributed by atoms with van der Waals surface area (Å²) in [7, 11) is 0. The Bertz CT molecular complexity index is 527. The van der Waals surface area contributed by atoms with Crippen LogP contribution in [0.5, 0.6) is 0 Å². The van der Waals surface area contributed by atoms with Crippen LogP contribution in [-0.2, 0) is 0 Å². The molecule has 1 aromatic heterocycles. The number of thioether (sulfide) groups is 1. The predicted octanol–water partition coefficient (Wildman–Crippen LogP) is 3.96. The highest BCUT2D eigenvalue weighted by molar-refractivity contribution is 7.99. The van der Waals surface area contributed by atoms with Gasteiger partial charge in [-0.05, 0) is 31.0 Å². The molecule has 3 rings (SSSR count). The molecule has 96 valence electrons. The molecule has 0 saturated heterocycles. The van der Waals surface area contributed by atoms with Crippen LogP contribution in [0.15, 0.2) is 23.4 Å². The molecule has 4 heteroatoms. The Balaban J connectivity index is 1.77. The molecule has 0 aliphatic heterocycles. The van der Waals surface area contributed by atoms with Gasteiger partial charge in [0.1, 0.15) is 0 Å². The average molecular weight is 261 g/mol. The summed E-state index contributed by atoms with van der Waals surface area (Å²) in [6.45, 7) is 0. The molecule has 0 bridgehead atoms. The monoisotopic (exact) mass is 261 g/mol. The van der Waals surface area contributed by atoms with Crippen molar-refractivity contribution in [1.29, 1.82) is 0 Å². The molecule has 0 atom stereocenters. The van der Waals surface area contributed by atoms with E-state index in [0.717, 1.165) is 27.1 Å². The first kappa shape index (κ1) is 11.9. The summed E-state index contributed by atoms with van der Waals surface area (Å²) in [6.07, 6.45) is 8.17. The summed E-state index contributed by atoms with van der Waals surface area (Å²) >= 11 is 1.90. The predicted molar refractivity (Wildman–Crippen MR) is 77.9 cm³/mol. The molecular formula is C14H19N3S. The Morgan fingerprint density at radius 3 is 2.72 bits per heavy atom. The Labute approximate surface area is 112 Å². The van der Waals surface area contributed by atoms with Crippen LogP contribution in [0.2, 0.25) is 0 Å². The molecule has 0 spiro atoms. The van der Waals surface area contributed by atoms with Gasteiger partial charge in [-0.1, -0.05) is 37.4 Å². The molecule has 18 heavy (non-hydrogen) atoms. The first-order valence-corrected chi connectivity index (χ1v) is 7.61. The lowest BCUT2D eigenvalue weighted by Gasteiger charge is -2.10. The van der Waals surface area contributed by atoms with E-state index in [9.17, 15) is 0 Å². The third-order valence-electron chi connectivity index (χ3n) is 3.56. The van der Waals surface area contributed by atoms with E-state index in [1.807, 2.05) is 30.0 Å². The van der Waals surface area contributed by atoms with Crippen LogP contribution in [0.25, 0.3) is 11.0 Å². The molecule has 1 saturated carbocycles. The van der Waals surface area contributed by atoms with E-state index in [2.05, 4.69) is 9.97 Å². The van der Waals surface area contributed by atoms with E-state index in [-0.39, 0.29) is 0 Å². The van der Waals surface area contributed by atoms with Crippen LogP contribution in [0.3, 0.4) is 0 Å². The topological polar surface area (TPSA) is 54.7 Å². The lowest BCUT2D eigenvalue weighted by molar-refractivity contribution is 0.702. The normalized spacial score (nSPS) is 18.0. The molecule has 1 aliphatic carbocycles. The standard InChI is InChI=1S/C14H19N3S/c15-10-7-8-12-13(9-10)17-14(16-12)18-11-5-3-1-2-4-6-11/h7-9,11H,1-6,15H2,(H,16,17). The number of hydrogen-bond donors (Lipinski definition) is 2. The molecular weight excluding hydrogens is 242 g/mol. The minimum absolute atomic E-state index is 0.727. The van der Waals surface area contributed by atoms with Crippen LogP contribution in [-0.4, -0.2) is 15.2 Å². The van der Waals surface area contributed by atoms with E-state index < -0.39 is 0 Å². The highest BCUT2D eigenvalue weighted by atomic mass is 32.2. The SMILES string of the molecule is Nc1ccc2nc(SC3CCCCCC3)[nH]c2c1. The molecule has 1 aliphatic rings. The van der Waals surface area contributed by atoms with Gasteiger partial charge < -0.3 is 10.7 Å². The Hall–Kier alpha value is -1.16. The van der Waals surface area contributed by atoms with E-state index in [4.69, 9.17) is 5.73 Å². The quantitative estimate of drug-likeness (QED) is 0.635. The summed E-state index contributed by atoms with van der Waals surface area (Å²) < 4.78 is 0. The number of aromatic nitrogens is 2. The van der Waals surface area contributed by atoms with Gasteiger partial charge in [0.2, 0.25) is 0 Å². The zero-order chi connectivity index (χ0) is 12.4. The van der Waals surface area contributed by atoms with Crippen molar-refractivity contribution < 1.29 is 0 Å². The second-order valence-corrected chi connectivity index (χ2v) is 6.34. The number of nitrogens with zero attached hydrogens (tertiary/aromatic N) is 1. The number of fused-ring (bicyclic) bond motifs is 1. The number of hydrogen-bond acceptors (Lipinski definition) is 3. The van der Waals surface area contributed by atoms with Crippen LogP contribution < -0.4 is 5.73 Å². The molecule has 3 nitrogen and oxygen atoms in total. The minimum atomic E-state index is 0.727. The summed E-state index contributed by atoms with van der Waals surface area (Å²) in [6, 6.07) is 5.85. The van der Waals surface area contributed by atoms with Crippen LogP contribution in [0.1, 0.15) is 38.5 Å². The van der Waals surface area contributed by atoms with E-state index in [1.54, 1.807) is 0 Å². The number of anilines is 1. The Morgan fingerprint density at radius 1 is 1.17 bits per heavy atom. The van der Waals surface area contributed by atoms with Gasteiger partial charge in [-0.3, -0.25) is 0 Å². The fraction of sp³-hybridized carbons (Fsp3) is 0.500.